The van der Waals surface area contributed by atoms with Crippen molar-refractivity contribution in [3.63, 3.8) is 0 Å². The van der Waals surface area contributed by atoms with Gasteiger partial charge in [0.1, 0.15) is 11.5 Å². The molecule has 3 aromatic carbocycles. The number of aryl methyl sites for hydroxylation is 1. The first-order valence-corrected chi connectivity index (χ1v) is 11.7. The number of para-hydroxylation sites is 1. The molecule has 0 bridgehead atoms. The summed E-state index contributed by atoms with van der Waals surface area (Å²) in [5.41, 5.74) is 4.08. The van der Waals surface area contributed by atoms with Gasteiger partial charge >= 0.3 is 5.97 Å². The van der Waals surface area contributed by atoms with Gasteiger partial charge in [0.05, 0.1) is 11.1 Å². The molecule has 0 spiro atoms. The number of ketones is 1. The zero-order valence-corrected chi connectivity index (χ0v) is 20.3. The SMILES string of the molecule is CCn1cc(C=C2Oc3cc(OC(=O)c4ccc(C(C)(C)C)cc4)ccc3C2=O)c2ccccc21. The van der Waals surface area contributed by atoms with Crippen molar-refractivity contribution in [3.05, 3.63) is 101 Å². The molecule has 5 rings (SSSR count). The van der Waals surface area contributed by atoms with E-state index < -0.39 is 5.97 Å². The van der Waals surface area contributed by atoms with E-state index in [0.29, 0.717) is 22.6 Å². The molecule has 0 N–H and O–H groups in total. The highest BCUT2D eigenvalue weighted by molar-refractivity contribution is 6.15. The van der Waals surface area contributed by atoms with Crippen LogP contribution in [-0.4, -0.2) is 16.3 Å². The molecule has 1 aliphatic rings. The van der Waals surface area contributed by atoms with Gasteiger partial charge in [0.2, 0.25) is 5.78 Å². The van der Waals surface area contributed by atoms with E-state index in [4.69, 9.17) is 9.47 Å². The van der Waals surface area contributed by atoms with Crippen LogP contribution in [0, 0.1) is 0 Å². The summed E-state index contributed by atoms with van der Waals surface area (Å²) in [6.07, 6.45) is 3.80. The minimum Gasteiger partial charge on any atom is -0.452 e. The van der Waals surface area contributed by atoms with Gasteiger partial charge in [-0.05, 0) is 54.3 Å². The second-order valence-electron chi connectivity index (χ2n) is 9.70. The molecule has 1 aromatic heterocycles. The summed E-state index contributed by atoms with van der Waals surface area (Å²) in [5.74, 6) is 0.307. The molecule has 2 heterocycles. The fourth-order valence-corrected chi connectivity index (χ4v) is 4.30. The average molecular weight is 466 g/mol. The van der Waals surface area contributed by atoms with Gasteiger partial charge in [-0.1, -0.05) is 51.1 Å². The minimum absolute atomic E-state index is 0.00294. The minimum atomic E-state index is -0.460. The highest BCUT2D eigenvalue weighted by Crippen LogP contribution is 2.36. The van der Waals surface area contributed by atoms with Crippen molar-refractivity contribution in [1.82, 2.24) is 4.57 Å². The zero-order valence-electron chi connectivity index (χ0n) is 20.3. The van der Waals surface area contributed by atoms with E-state index in [-0.39, 0.29) is 17.0 Å². The van der Waals surface area contributed by atoms with Crippen LogP contribution in [0.4, 0.5) is 0 Å². The number of carbonyl (C=O) groups is 2. The molecule has 1 aliphatic heterocycles. The number of hydrogen-bond donors (Lipinski definition) is 0. The third-order valence-electron chi connectivity index (χ3n) is 6.29. The summed E-state index contributed by atoms with van der Waals surface area (Å²) in [4.78, 5) is 25.6. The third kappa shape index (κ3) is 4.26. The Bertz CT molecular complexity index is 1480. The number of fused-ring (bicyclic) bond motifs is 2. The molecule has 0 amide bonds. The van der Waals surface area contributed by atoms with Crippen molar-refractivity contribution in [2.24, 2.45) is 0 Å². The van der Waals surface area contributed by atoms with E-state index >= 15 is 0 Å². The van der Waals surface area contributed by atoms with Crippen molar-refractivity contribution in [1.29, 1.82) is 0 Å². The molecule has 5 nitrogen and oxygen atoms in total. The van der Waals surface area contributed by atoms with E-state index in [9.17, 15) is 9.59 Å². The van der Waals surface area contributed by atoms with Crippen LogP contribution in [0.25, 0.3) is 17.0 Å². The van der Waals surface area contributed by atoms with Crippen molar-refractivity contribution in [2.45, 2.75) is 39.7 Å². The topological polar surface area (TPSA) is 57.5 Å². The predicted octanol–water partition coefficient (Wildman–Crippen LogP) is 6.79. The van der Waals surface area contributed by atoms with Gasteiger partial charge < -0.3 is 14.0 Å². The molecule has 0 fully saturated rings. The lowest BCUT2D eigenvalue weighted by molar-refractivity contribution is 0.0734. The summed E-state index contributed by atoms with van der Waals surface area (Å²) in [7, 11) is 0. The van der Waals surface area contributed by atoms with E-state index in [2.05, 4.69) is 38.3 Å². The van der Waals surface area contributed by atoms with Crippen LogP contribution in [0.15, 0.2) is 78.7 Å². The van der Waals surface area contributed by atoms with E-state index in [0.717, 1.165) is 28.6 Å². The quantitative estimate of drug-likeness (QED) is 0.189. The van der Waals surface area contributed by atoms with Crippen molar-refractivity contribution >= 4 is 28.7 Å². The summed E-state index contributed by atoms with van der Waals surface area (Å²) >= 11 is 0. The van der Waals surface area contributed by atoms with Gasteiger partial charge in [-0.25, -0.2) is 4.79 Å². The molecular weight excluding hydrogens is 438 g/mol. The smallest absolute Gasteiger partial charge is 0.343 e. The maximum absolute atomic E-state index is 13.0. The Labute approximate surface area is 204 Å². The van der Waals surface area contributed by atoms with Crippen LogP contribution in [0.2, 0.25) is 0 Å². The molecule has 0 atom stereocenters. The standard InChI is InChI=1S/C30H27NO4/c1-5-31-18-20(23-8-6-7-9-25(23)31)16-27-28(32)24-15-14-22(17-26(24)35-27)34-29(33)19-10-12-21(13-11-19)30(2,3)4/h6-18H,5H2,1-4H3. The van der Waals surface area contributed by atoms with Crippen LogP contribution < -0.4 is 9.47 Å². The second-order valence-corrected chi connectivity index (χ2v) is 9.70. The lowest BCUT2D eigenvalue weighted by Gasteiger charge is -2.18. The van der Waals surface area contributed by atoms with E-state index in [1.54, 1.807) is 36.4 Å². The zero-order chi connectivity index (χ0) is 24.7. The van der Waals surface area contributed by atoms with Crippen LogP contribution in [-0.2, 0) is 12.0 Å². The second kappa shape index (κ2) is 8.58. The van der Waals surface area contributed by atoms with Crippen LogP contribution >= 0.6 is 0 Å². The molecule has 0 radical (unpaired) electrons. The molecule has 35 heavy (non-hydrogen) atoms. The molecule has 0 saturated heterocycles. The first-order valence-electron chi connectivity index (χ1n) is 11.7. The number of Topliss-reactive ketones (excluding diaryl/α,β-unsaturated/α-hetero) is 1. The fraction of sp³-hybridized carbons (Fsp3) is 0.200. The number of carbonyl (C=O) groups excluding carboxylic acids is 2. The number of ether oxygens (including phenoxy) is 2. The van der Waals surface area contributed by atoms with Gasteiger partial charge in [-0.3, -0.25) is 4.79 Å². The van der Waals surface area contributed by atoms with E-state index in [1.165, 1.54) is 0 Å². The number of esters is 1. The van der Waals surface area contributed by atoms with Crippen molar-refractivity contribution in [2.75, 3.05) is 0 Å². The van der Waals surface area contributed by atoms with Crippen LogP contribution in [0.1, 0.15) is 59.5 Å². The molecule has 0 saturated carbocycles. The molecule has 0 unspecified atom stereocenters. The normalized spacial score (nSPS) is 14.3. The number of nitrogens with zero attached hydrogens (tertiary/aromatic N) is 1. The Morgan fingerprint density at radius 3 is 2.49 bits per heavy atom. The maximum Gasteiger partial charge on any atom is 0.343 e. The fourth-order valence-electron chi connectivity index (χ4n) is 4.30. The summed E-state index contributed by atoms with van der Waals surface area (Å²) in [5, 5.41) is 1.06. The first kappa shape index (κ1) is 22.7. The van der Waals surface area contributed by atoms with Crippen molar-refractivity contribution < 1.29 is 19.1 Å². The Hall–Kier alpha value is -4.12. The average Bonchev–Trinajstić information content (AvgIpc) is 3.35. The number of benzene rings is 3. The monoisotopic (exact) mass is 465 g/mol. The lowest BCUT2D eigenvalue weighted by atomic mass is 9.87. The summed E-state index contributed by atoms with van der Waals surface area (Å²) in [6.45, 7) is 9.27. The molecule has 5 heteroatoms. The van der Waals surface area contributed by atoms with E-state index in [1.807, 2.05) is 36.5 Å². The van der Waals surface area contributed by atoms with Crippen molar-refractivity contribution in [3.8, 4) is 11.5 Å². The summed E-state index contributed by atoms with van der Waals surface area (Å²) in [6, 6.07) is 20.3. The Kier molecular flexibility index (Phi) is 5.56. The predicted molar refractivity (Wildman–Crippen MR) is 137 cm³/mol. The highest BCUT2D eigenvalue weighted by atomic mass is 16.5. The van der Waals surface area contributed by atoms with Crippen LogP contribution in [0.5, 0.6) is 11.5 Å². The Balaban J connectivity index is 1.37. The largest absolute Gasteiger partial charge is 0.452 e. The van der Waals surface area contributed by atoms with Gasteiger partial charge in [-0.2, -0.15) is 0 Å². The van der Waals surface area contributed by atoms with Gasteiger partial charge in [-0.15, -0.1) is 0 Å². The van der Waals surface area contributed by atoms with Gasteiger partial charge in [0.25, 0.3) is 0 Å². The third-order valence-corrected chi connectivity index (χ3v) is 6.29. The van der Waals surface area contributed by atoms with Crippen LogP contribution in [0.3, 0.4) is 0 Å². The Morgan fingerprint density at radius 1 is 1.03 bits per heavy atom. The number of hydrogen-bond acceptors (Lipinski definition) is 4. The molecule has 176 valence electrons. The number of aromatic nitrogens is 1. The summed E-state index contributed by atoms with van der Waals surface area (Å²) < 4.78 is 13.6. The molecule has 0 aliphatic carbocycles. The molecular formula is C30H27NO4. The first-order chi connectivity index (χ1) is 16.7. The lowest BCUT2D eigenvalue weighted by Crippen LogP contribution is -2.12. The number of allylic oxidation sites excluding steroid dienone is 1. The highest BCUT2D eigenvalue weighted by Gasteiger charge is 2.28. The van der Waals surface area contributed by atoms with Gasteiger partial charge in [0, 0.05) is 35.3 Å². The molecule has 4 aromatic rings. The number of rotatable bonds is 4. The Morgan fingerprint density at radius 2 is 1.77 bits per heavy atom. The van der Waals surface area contributed by atoms with Gasteiger partial charge in [0.15, 0.2) is 5.76 Å². The maximum atomic E-state index is 13.0.